The smallest absolute Gasteiger partial charge is 0.265 e. The molecule has 1 N–H and O–H groups in total. The van der Waals surface area contributed by atoms with Gasteiger partial charge in [-0.3, -0.25) is 9.59 Å². The third kappa shape index (κ3) is 4.09. The summed E-state index contributed by atoms with van der Waals surface area (Å²) in [7, 11) is 1.52. The summed E-state index contributed by atoms with van der Waals surface area (Å²) in [5.41, 5.74) is 2.49. The number of nitrogens with zero attached hydrogens (tertiary/aromatic N) is 1. The SMILES string of the molecule is COc1ccc(NC(=O)c2ccc3c(c2)N(Cc2ccccc2)C(=O)CO3)cc1Cl. The molecular formula is C23H19ClN2O4. The molecule has 0 radical (unpaired) electrons. The van der Waals surface area contributed by atoms with Crippen LogP contribution in [0.15, 0.2) is 66.7 Å². The monoisotopic (exact) mass is 422 g/mol. The highest BCUT2D eigenvalue weighted by Crippen LogP contribution is 2.34. The van der Waals surface area contributed by atoms with Gasteiger partial charge in [-0.15, -0.1) is 0 Å². The first-order chi connectivity index (χ1) is 14.5. The van der Waals surface area contributed by atoms with E-state index in [1.54, 1.807) is 41.3 Å². The van der Waals surface area contributed by atoms with E-state index in [0.717, 1.165) is 5.56 Å². The second-order valence-electron chi connectivity index (χ2n) is 6.74. The van der Waals surface area contributed by atoms with Crippen LogP contribution in [0.1, 0.15) is 15.9 Å². The van der Waals surface area contributed by atoms with Gasteiger partial charge in [0.1, 0.15) is 11.5 Å². The predicted octanol–water partition coefficient (Wildman–Crippen LogP) is 4.53. The Hall–Kier alpha value is -3.51. The largest absolute Gasteiger partial charge is 0.495 e. The van der Waals surface area contributed by atoms with E-state index in [2.05, 4.69) is 5.32 Å². The summed E-state index contributed by atoms with van der Waals surface area (Å²) >= 11 is 6.13. The van der Waals surface area contributed by atoms with E-state index in [-0.39, 0.29) is 18.4 Å². The predicted molar refractivity (Wildman–Crippen MR) is 116 cm³/mol. The van der Waals surface area contributed by atoms with Gasteiger partial charge in [0.2, 0.25) is 0 Å². The number of hydrogen-bond donors (Lipinski definition) is 1. The van der Waals surface area contributed by atoms with Crippen LogP contribution in [0.4, 0.5) is 11.4 Å². The van der Waals surface area contributed by atoms with Crippen molar-refractivity contribution < 1.29 is 19.1 Å². The molecule has 0 unspecified atom stereocenters. The fourth-order valence-corrected chi connectivity index (χ4v) is 3.49. The topological polar surface area (TPSA) is 67.9 Å². The molecule has 0 atom stereocenters. The van der Waals surface area contributed by atoms with Crippen LogP contribution in [0.5, 0.6) is 11.5 Å². The Morgan fingerprint density at radius 1 is 1.13 bits per heavy atom. The minimum Gasteiger partial charge on any atom is -0.495 e. The van der Waals surface area contributed by atoms with Crippen molar-refractivity contribution in [2.45, 2.75) is 6.54 Å². The van der Waals surface area contributed by atoms with Crippen LogP contribution in [-0.2, 0) is 11.3 Å². The Morgan fingerprint density at radius 2 is 1.93 bits per heavy atom. The summed E-state index contributed by atoms with van der Waals surface area (Å²) in [6.07, 6.45) is 0. The van der Waals surface area contributed by atoms with Gasteiger partial charge in [-0.1, -0.05) is 41.9 Å². The number of benzene rings is 3. The minimum atomic E-state index is -0.322. The Kier molecular flexibility index (Phi) is 5.59. The molecule has 0 aliphatic carbocycles. The zero-order valence-electron chi connectivity index (χ0n) is 16.2. The van der Waals surface area contributed by atoms with Crippen LogP contribution in [0.2, 0.25) is 5.02 Å². The van der Waals surface area contributed by atoms with E-state index in [1.165, 1.54) is 7.11 Å². The number of anilines is 2. The molecule has 1 aliphatic rings. The molecule has 0 saturated carbocycles. The van der Waals surface area contributed by atoms with E-state index >= 15 is 0 Å². The number of fused-ring (bicyclic) bond motifs is 1. The molecule has 0 spiro atoms. The molecule has 30 heavy (non-hydrogen) atoms. The molecule has 0 bridgehead atoms. The van der Waals surface area contributed by atoms with Crippen molar-refractivity contribution in [2.24, 2.45) is 0 Å². The number of carbonyl (C=O) groups is 2. The van der Waals surface area contributed by atoms with Crippen molar-refractivity contribution in [2.75, 3.05) is 23.9 Å². The maximum Gasteiger partial charge on any atom is 0.265 e. The fourth-order valence-electron chi connectivity index (χ4n) is 3.23. The second kappa shape index (κ2) is 8.47. The first-order valence-electron chi connectivity index (χ1n) is 9.31. The van der Waals surface area contributed by atoms with E-state index < -0.39 is 0 Å². The van der Waals surface area contributed by atoms with Crippen LogP contribution in [0.25, 0.3) is 0 Å². The molecule has 3 aromatic rings. The summed E-state index contributed by atoms with van der Waals surface area (Å²) < 4.78 is 10.7. The lowest BCUT2D eigenvalue weighted by molar-refractivity contribution is -0.121. The molecule has 0 saturated heterocycles. The minimum absolute atomic E-state index is 0.0320. The molecule has 3 aromatic carbocycles. The molecule has 1 aliphatic heterocycles. The van der Waals surface area contributed by atoms with Gasteiger partial charge in [0.15, 0.2) is 6.61 Å². The van der Waals surface area contributed by atoms with Gasteiger partial charge >= 0.3 is 0 Å². The number of ether oxygens (including phenoxy) is 2. The van der Waals surface area contributed by atoms with Gasteiger partial charge in [-0.25, -0.2) is 0 Å². The van der Waals surface area contributed by atoms with Gasteiger partial charge in [0.25, 0.3) is 11.8 Å². The summed E-state index contributed by atoms with van der Waals surface area (Å²) in [5, 5.41) is 3.21. The molecule has 1 heterocycles. The summed E-state index contributed by atoms with van der Waals surface area (Å²) in [4.78, 5) is 26.9. The summed E-state index contributed by atoms with van der Waals surface area (Å²) in [6.45, 7) is 0.366. The first kappa shape index (κ1) is 19.8. The Morgan fingerprint density at radius 3 is 2.67 bits per heavy atom. The zero-order valence-corrected chi connectivity index (χ0v) is 17.0. The number of amides is 2. The van der Waals surface area contributed by atoms with E-state index in [4.69, 9.17) is 21.1 Å². The quantitative estimate of drug-likeness (QED) is 0.656. The summed E-state index contributed by atoms with van der Waals surface area (Å²) in [5.74, 6) is 0.604. The summed E-state index contributed by atoms with van der Waals surface area (Å²) in [6, 6.07) is 19.7. The van der Waals surface area contributed by atoms with Gasteiger partial charge in [-0.05, 0) is 42.0 Å². The van der Waals surface area contributed by atoms with Crippen molar-refractivity contribution in [3.8, 4) is 11.5 Å². The normalized spacial score (nSPS) is 12.7. The standard InChI is InChI=1S/C23H19ClN2O4/c1-29-20-10-8-17(12-18(20)24)25-23(28)16-7-9-21-19(11-16)26(22(27)14-30-21)13-15-5-3-2-4-6-15/h2-12H,13-14H2,1H3,(H,25,28). The third-order valence-corrected chi connectivity index (χ3v) is 5.05. The van der Waals surface area contributed by atoms with Crippen molar-refractivity contribution in [3.05, 3.63) is 82.9 Å². The lowest BCUT2D eigenvalue weighted by atomic mass is 10.1. The number of halogens is 1. The van der Waals surface area contributed by atoms with Crippen LogP contribution < -0.4 is 19.7 Å². The highest BCUT2D eigenvalue weighted by molar-refractivity contribution is 6.32. The lowest BCUT2D eigenvalue weighted by Gasteiger charge is -2.29. The average molecular weight is 423 g/mol. The maximum absolute atomic E-state index is 12.8. The van der Waals surface area contributed by atoms with Crippen LogP contribution in [-0.4, -0.2) is 25.5 Å². The maximum atomic E-state index is 12.8. The van der Waals surface area contributed by atoms with E-state index in [1.807, 2.05) is 30.3 Å². The molecule has 6 nitrogen and oxygen atoms in total. The molecule has 4 rings (SSSR count). The Labute approximate surface area is 179 Å². The Balaban J connectivity index is 1.59. The van der Waals surface area contributed by atoms with Gasteiger partial charge in [0.05, 0.1) is 24.4 Å². The molecule has 152 valence electrons. The third-order valence-electron chi connectivity index (χ3n) is 4.76. The highest BCUT2D eigenvalue weighted by atomic mass is 35.5. The van der Waals surface area contributed by atoms with E-state index in [0.29, 0.717) is 40.0 Å². The number of methoxy groups -OCH3 is 1. The highest BCUT2D eigenvalue weighted by Gasteiger charge is 2.26. The van der Waals surface area contributed by atoms with Crippen LogP contribution >= 0.6 is 11.6 Å². The average Bonchev–Trinajstić information content (AvgIpc) is 2.76. The fraction of sp³-hybridized carbons (Fsp3) is 0.130. The van der Waals surface area contributed by atoms with Crippen molar-refractivity contribution in [1.82, 2.24) is 0 Å². The molecule has 0 fully saturated rings. The van der Waals surface area contributed by atoms with Crippen LogP contribution in [0.3, 0.4) is 0 Å². The van der Waals surface area contributed by atoms with Gasteiger partial charge in [-0.2, -0.15) is 0 Å². The van der Waals surface area contributed by atoms with Crippen molar-refractivity contribution in [3.63, 3.8) is 0 Å². The molecule has 7 heteroatoms. The number of carbonyl (C=O) groups excluding carboxylic acids is 2. The van der Waals surface area contributed by atoms with Gasteiger partial charge < -0.3 is 19.7 Å². The number of rotatable bonds is 5. The van der Waals surface area contributed by atoms with E-state index in [9.17, 15) is 9.59 Å². The van der Waals surface area contributed by atoms with Gasteiger partial charge in [0, 0.05) is 11.3 Å². The Bertz CT molecular complexity index is 1100. The van der Waals surface area contributed by atoms with Crippen molar-refractivity contribution >= 4 is 34.8 Å². The number of hydrogen-bond acceptors (Lipinski definition) is 4. The second-order valence-corrected chi connectivity index (χ2v) is 7.15. The van der Waals surface area contributed by atoms with Crippen molar-refractivity contribution in [1.29, 1.82) is 0 Å². The lowest BCUT2D eigenvalue weighted by Crippen LogP contribution is -2.38. The molecule has 0 aromatic heterocycles. The zero-order chi connectivity index (χ0) is 21.1. The first-order valence-corrected chi connectivity index (χ1v) is 9.69. The number of nitrogens with one attached hydrogen (secondary N) is 1. The molecule has 2 amide bonds. The molecular weight excluding hydrogens is 404 g/mol. The van der Waals surface area contributed by atoms with Crippen LogP contribution in [0, 0.1) is 0 Å².